The molecule has 0 aromatic carbocycles. The minimum Gasteiger partial charge on any atom is -0.387 e. The lowest BCUT2D eigenvalue weighted by molar-refractivity contribution is -0.0617. The highest BCUT2D eigenvalue weighted by Crippen LogP contribution is 2.34. The Morgan fingerprint density at radius 2 is 2.00 bits per heavy atom. The summed E-state index contributed by atoms with van der Waals surface area (Å²) in [5.74, 6) is 4.93. The van der Waals surface area contributed by atoms with Crippen LogP contribution in [0.1, 0.15) is 6.23 Å². The van der Waals surface area contributed by atoms with E-state index >= 15 is 0 Å². The van der Waals surface area contributed by atoms with Gasteiger partial charge in [-0.25, -0.2) is 23.4 Å². The summed E-state index contributed by atoms with van der Waals surface area (Å²) < 4.78 is 29.7. The van der Waals surface area contributed by atoms with E-state index in [1.165, 1.54) is 22.1 Å². The van der Waals surface area contributed by atoms with Gasteiger partial charge in [-0.3, -0.25) is 10.4 Å². The molecule has 132 valence electrons. The second-order valence-electron chi connectivity index (χ2n) is 5.11. The number of aliphatic hydroxyl groups is 3. The van der Waals surface area contributed by atoms with Crippen LogP contribution in [-0.2, 0) is 14.8 Å². The summed E-state index contributed by atoms with van der Waals surface area (Å²) in [7, 11) is -4.36. The summed E-state index contributed by atoms with van der Waals surface area (Å²) in [5, 5.41) is 30.0. The van der Waals surface area contributed by atoms with E-state index in [1.807, 2.05) is 0 Å². The first-order valence-electron chi connectivity index (χ1n) is 6.62. The number of rotatable bonds is 4. The van der Waals surface area contributed by atoms with Crippen LogP contribution in [0.4, 0.5) is 5.82 Å². The number of hydrazine groups is 1. The summed E-state index contributed by atoms with van der Waals surface area (Å²) in [6, 6.07) is 0. The Labute approximate surface area is 134 Å². The third-order valence-electron chi connectivity index (χ3n) is 3.70. The number of aromatic nitrogens is 4. The van der Waals surface area contributed by atoms with Crippen molar-refractivity contribution in [2.24, 2.45) is 5.84 Å². The molecule has 1 saturated heterocycles. The number of anilines is 1. The number of aliphatic hydroxyl groups excluding tert-OH is 3. The van der Waals surface area contributed by atoms with Crippen molar-refractivity contribution in [1.82, 2.24) is 24.4 Å². The van der Waals surface area contributed by atoms with E-state index in [0.29, 0.717) is 0 Å². The summed E-state index contributed by atoms with van der Waals surface area (Å²) in [6.45, 7) is 0. The topological polar surface area (TPSA) is 212 Å². The normalized spacial score (nSPS) is 29.2. The molecule has 14 heteroatoms. The highest BCUT2D eigenvalue weighted by Gasteiger charge is 2.50. The summed E-state index contributed by atoms with van der Waals surface area (Å²) >= 11 is 0. The maximum atomic E-state index is 11.6. The molecule has 0 radical (unpaired) electrons. The zero-order chi connectivity index (χ0) is 17.6. The number of nitrogens with two attached hydrogens (primary N) is 2. The number of hydrogen-bond donors (Lipinski definition) is 6. The molecule has 1 unspecified atom stereocenters. The predicted octanol–water partition coefficient (Wildman–Crippen LogP) is -3.86. The van der Waals surface area contributed by atoms with Gasteiger partial charge in [-0.05, 0) is 0 Å². The van der Waals surface area contributed by atoms with E-state index in [4.69, 9.17) is 16.3 Å². The Balaban J connectivity index is 1.97. The highest BCUT2D eigenvalue weighted by atomic mass is 32.2. The van der Waals surface area contributed by atoms with E-state index in [0.717, 1.165) is 0 Å². The van der Waals surface area contributed by atoms with Gasteiger partial charge in [0.2, 0.25) is 0 Å². The Morgan fingerprint density at radius 1 is 1.29 bits per heavy atom. The molecule has 1 fully saturated rings. The van der Waals surface area contributed by atoms with Gasteiger partial charge in [0.05, 0.1) is 6.33 Å². The van der Waals surface area contributed by atoms with Crippen LogP contribution in [0.15, 0.2) is 12.7 Å². The fraction of sp³-hybridized carbons (Fsp3) is 0.500. The Kier molecular flexibility index (Phi) is 4.12. The van der Waals surface area contributed by atoms with Gasteiger partial charge < -0.3 is 25.8 Å². The van der Waals surface area contributed by atoms with Gasteiger partial charge in [-0.15, -0.1) is 0 Å². The largest absolute Gasteiger partial charge is 0.387 e. The maximum absolute atomic E-state index is 11.6. The van der Waals surface area contributed by atoms with Crippen LogP contribution < -0.4 is 16.4 Å². The number of hydrogen-bond acceptors (Lipinski definition) is 11. The zero-order valence-corrected chi connectivity index (χ0v) is 12.8. The lowest BCUT2D eigenvalue weighted by Crippen LogP contribution is -2.48. The predicted molar refractivity (Wildman–Crippen MR) is 77.9 cm³/mol. The van der Waals surface area contributed by atoms with E-state index in [1.54, 1.807) is 0 Å². The van der Waals surface area contributed by atoms with E-state index in [2.05, 4.69) is 15.0 Å². The highest BCUT2D eigenvalue weighted by molar-refractivity contribution is 7.89. The van der Waals surface area contributed by atoms with Crippen LogP contribution in [-0.4, -0.2) is 67.0 Å². The monoisotopic (exact) mass is 361 g/mol. The molecule has 0 amide bonds. The number of imidazole rings is 1. The SMILES string of the molecule is NNS(=O)(=O)C(O)[C@H]1O[C@@H](n2cnc3c(N)ncnc32)[C@H](O)[C@@H]1O. The van der Waals surface area contributed by atoms with Gasteiger partial charge in [0, 0.05) is 0 Å². The first-order chi connectivity index (χ1) is 11.3. The quantitative estimate of drug-likeness (QED) is 0.229. The molecule has 2 aromatic heterocycles. The lowest BCUT2D eigenvalue weighted by Gasteiger charge is -2.20. The van der Waals surface area contributed by atoms with Gasteiger partial charge in [-0.1, -0.05) is 0 Å². The molecule has 0 bridgehead atoms. The summed E-state index contributed by atoms with van der Waals surface area (Å²) in [5.41, 5.74) is 3.90. The average Bonchev–Trinajstić information content (AvgIpc) is 3.10. The molecule has 13 nitrogen and oxygen atoms in total. The molecule has 8 N–H and O–H groups in total. The van der Waals surface area contributed by atoms with E-state index < -0.39 is 40.0 Å². The van der Waals surface area contributed by atoms with Gasteiger partial charge in [-0.2, -0.15) is 4.83 Å². The molecule has 2 aromatic rings. The molecule has 3 heterocycles. The standard InChI is InChI=1S/C10H15N7O6S/c11-7-3-8(14-1-13-7)17(2-15-3)9-5(19)4(18)6(23-9)10(20)24(21,22)16-12/h1-2,4-6,9-10,16,18-20H,12H2,(H2,11,13,14)/t4-,5+,6-,9+,10?/m0/s1. The third-order valence-corrected chi connectivity index (χ3v) is 4.93. The average molecular weight is 361 g/mol. The second-order valence-corrected chi connectivity index (χ2v) is 6.92. The second kappa shape index (κ2) is 5.85. The Morgan fingerprint density at radius 3 is 2.67 bits per heavy atom. The number of nitrogens with zero attached hydrogens (tertiary/aromatic N) is 4. The summed E-state index contributed by atoms with van der Waals surface area (Å²) in [4.78, 5) is 13.1. The van der Waals surface area contributed by atoms with Gasteiger partial charge in [0.25, 0.3) is 10.0 Å². The molecule has 0 spiro atoms. The van der Waals surface area contributed by atoms with Crippen molar-refractivity contribution in [3.05, 3.63) is 12.7 Å². The van der Waals surface area contributed by atoms with Crippen molar-refractivity contribution >= 4 is 27.0 Å². The maximum Gasteiger partial charge on any atom is 0.253 e. The van der Waals surface area contributed by atoms with Crippen molar-refractivity contribution < 1.29 is 28.5 Å². The number of sulfonamides is 1. The fourth-order valence-corrected chi connectivity index (χ4v) is 3.17. The smallest absolute Gasteiger partial charge is 0.253 e. The number of fused-ring (bicyclic) bond motifs is 1. The molecule has 0 aliphatic carbocycles. The van der Waals surface area contributed by atoms with E-state index in [-0.39, 0.29) is 17.0 Å². The van der Waals surface area contributed by atoms with Crippen molar-refractivity contribution in [2.75, 3.05) is 5.73 Å². The van der Waals surface area contributed by atoms with Crippen molar-refractivity contribution in [3.63, 3.8) is 0 Å². The first kappa shape index (κ1) is 16.9. The van der Waals surface area contributed by atoms with E-state index in [9.17, 15) is 23.7 Å². The minimum atomic E-state index is -4.36. The van der Waals surface area contributed by atoms with Gasteiger partial charge in [0.1, 0.15) is 30.2 Å². The molecule has 3 rings (SSSR count). The van der Waals surface area contributed by atoms with Crippen molar-refractivity contribution in [3.8, 4) is 0 Å². The summed E-state index contributed by atoms with van der Waals surface area (Å²) in [6.07, 6.45) is -3.77. The Hall–Kier alpha value is -1.94. The number of nitrogens with one attached hydrogen (secondary N) is 1. The minimum absolute atomic E-state index is 0.0956. The first-order valence-corrected chi connectivity index (χ1v) is 8.16. The van der Waals surface area contributed by atoms with Crippen LogP contribution in [0.3, 0.4) is 0 Å². The van der Waals surface area contributed by atoms with Gasteiger partial charge >= 0.3 is 0 Å². The molecule has 24 heavy (non-hydrogen) atoms. The molecule has 0 saturated carbocycles. The Bertz CT molecular complexity index is 856. The fourth-order valence-electron chi connectivity index (χ4n) is 2.45. The molecule has 1 aliphatic heterocycles. The van der Waals surface area contributed by atoms with Crippen LogP contribution in [0.25, 0.3) is 11.2 Å². The van der Waals surface area contributed by atoms with Crippen molar-refractivity contribution in [2.45, 2.75) is 30.0 Å². The van der Waals surface area contributed by atoms with Gasteiger partial charge in [0.15, 0.2) is 23.1 Å². The van der Waals surface area contributed by atoms with Crippen LogP contribution in [0, 0.1) is 0 Å². The molecule has 1 aliphatic rings. The number of nitrogen functional groups attached to an aromatic ring is 1. The zero-order valence-electron chi connectivity index (χ0n) is 12.0. The number of ether oxygens (including phenoxy) is 1. The third kappa shape index (κ3) is 2.49. The van der Waals surface area contributed by atoms with Crippen LogP contribution in [0.2, 0.25) is 0 Å². The lowest BCUT2D eigenvalue weighted by atomic mass is 10.1. The molecular formula is C10H15N7O6S. The molecular weight excluding hydrogens is 346 g/mol. The van der Waals surface area contributed by atoms with Crippen molar-refractivity contribution in [1.29, 1.82) is 0 Å². The molecule has 5 atom stereocenters. The van der Waals surface area contributed by atoms with Crippen LogP contribution in [0.5, 0.6) is 0 Å². The van der Waals surface area contributed by atoms with Crippen LogP contribution >= 0.6 is 0 Å².